The van der Waals surface area contributed by atoms with Crippen molar-refractivity contribution < 1.29 is 0 Å². The Kier molecular flexibility index (Phi) is 1.03. The summed E-state index contributed by atoms with van der Waals surface area (Å²) in [6.07, 6.45) is 0. The summed E-state index contributed by atoms with van der Waals surface area (Å²) in [5, 5.41) is 1.29. The molecule has 0 aliphatic carbocycles. The zero-order chi connectivity index (χ0) is 6.10. The molecular formula is C7H6NP. The van der Waals surface area contributed by atoms with Crippen molar-refractivity contribution in [3.8, 4) is 0 Å². The number of benzene rings is 1. The number of rotatable bonds is 0. The molecule has 1 unspecified atom stereocenters. The van der Waals surface area contributed by atoms with Crippen LogP contribution >= 0.6 is 8.35 Å². The second-order valence-corrected chi connectivity index (χ2v) is 2.71. The Hall–Kier alpha value is -0.810. The van der Waals surface area contributed by atoms with Gasteiger partial charge >= 0.3 is 0 Å². The van der Waals surface area contributed by atoms with Gasteiger partial charge in [0.05, 0.1) is 5.52 Å². The van der Waals surface area contributed by atoms with Gasteiger partial charge in [-0.25, -0.2) is 4.75 Å². The smallest absolute Gasteiger partial charge is 0.0743 e. The van der Waals surface area contributed by atoms with Crippen LogP contribution in [0.25, 0.3) is 10.9 Å². The molecule has 1 nitrogen and oxygen atoms in total. The molecule has 2 heteroatoms. The highest BCUT2D eigenvalue weighted by atomic mass is 31.0. The maximum absolute atomic E-state index is 4.27. The third-order valence-corrected chi connectivity index (χ3v) is 2.15. The van der Waals surface area contributed by atoms with E-state index in [4.69, 9.17) is 0 Å². The number of hydrogen-bond donors (Lipinski definition) is 0. The molecule has 1 atom stereocenters. The minimum atomic E-state index is 0.646. The molecule has 1 aromatic heterocycles. The number of para-hydroxylation sites is 1. The van der Waals surface area contributed by atoms with Gasteiger partial charge in [0.25, 0.3) is 0 Å². The molecule has 0 amide bonds. The zero-order valence-corrected chi connectivity index (χ0v) is 5.83. The maximum Gasteiger partial charge on any atom is 0.0743 e. The Morgan fingerprint density at radius 1 is 1.22 bits per heavy atom. The first-order valence-corrected chi connectivity index (χ1v) is 3.88. The minimum Gasteiger partial charge on any atom is -0.240 e. The van der Waals surface area contributed by atoms with Crippen LogP contribution in [0.5, 0.6) is 0 Å². The number of hydrogen-bond acceptors (Lipinski definition) is 1. The quantitative estimate of drug-likeness (QED) is 0.540. The van der Waals surface area contributed by atoms with Gasteiger partial charge in [-0.1, -0.05) is 18.2 Å². The van der Waals surface area contributed by atoms with Gasteiger partial charge in [-0.3, -0.25) is 0 Å². The molecule has 9 heavy (non-hydrogen) atoms. The molecular weight excluding hydrogens is 129 g/mol. The standard InChI is InChI=1S/C7H6NP/c1-2-4-7-6(3-1)5-9-8-7/h1-5,9H. The maximum atomic E-state index is 4.27. The monoisotopic (exact) mass is 135 g/mol. The summed E-state index contributed by atoms with van der Waals surface area (Å²) in [5.74, 6) is 2.16. The van der Waals surface area contributed by atoms with Crippen molar-refractivity contribution in [1.82, 2.24) is 4.75 Å². The van der Waals surface area contributed by atoms with Gasteiger partial charge in [0.2, 0.25) is 0 Å². The molecule has 0 fully saturated rings. The molecule has 0 spiro atoms. The lowest BCUT2D eigenvalue weighted by Gasteiger charge is -1.81. The van der Waals surface area contributed by atoms with Gasteiger partial charge in [0, 0.05) is 5.39 Å². The molecule has 0 aliphatic rings. The van der Waals surface area contributed by atoms with E-state index in [2.05, 4.69) is 16.6 Å². The van der Waals surface area contributed by atoms with Crippen molar-refractivity contribution >= 4 is 19.3 Å². The second-order valence-electron chi connectivity index (χ2n) is 1.94. The van der Waals surface area contributed by atoms with E-state index in [1.54, 1.807) is 0 Å². The van der Waals surface area contributed by atoms with Crippen molar-refractivity contribution in [2.75, 3.05) is 0 Å². The highest BCUT2D eigenvalue weighted by Gasteiger charge is 1.88. The van der Waals surface area contributed by atoms with Crippen molar-refractivity contribution in [2.24, 2.45) is 0 Å². The lowest BCUT2D eigenvalue weighted by molar-refractivity contribution is 1.67. The van der Waals surface area contributed by atoms with Gasteiger partial charge in [0.15, 0.2) is 0 Å². The Morgan fingerprint density at radius 2 is 2.11 bits per heavy atom. The molecule has 0 radical (unpaired) electrons. The predicted molar refractivity (Wildman–Crippen MR) is 41.2 cm³/mol. The van der Waals surface area contributed by atoms with Crippen molar-refractivity contribution in [3.63, 3.8) is 0 Å². The molecule has 2 aromatic rings. The fourth-order valence-corrected chi connectivity index (χ4v) is 1.67. The molecule has 0 saturated heterocycles. The van der Waals surface area contributed by atoms with E-state index in [1.165, 1.54) is 5.39 Å². The van der Waals surface area contributed by atoms with Crippen LogP contribution in [0.4, 0.5) is 0 Å². The summed E-state index contributed by atoms with van der Waals surface area (Å²) >= 11 is 0. The normalized spacial score (nSPS) is 11.1. The van der Waals surface area contributed by atoms with Crippen LogP contribution < -0.4 is 0 Å². The van der Waals surface area contributed by atoms with E-state index in [9.17, 15) is 0 Å². The van der Waals surface area contributed by atoms with Crippen molar-refractivity contribution in [2.45, 2.75) is 0 Å². The first kappa shape index (κ1) is 5.01. The topological polar surface area (TPSA) is 12.9 Å². The number of aromatic nitrogens is 1. The highest BCUT2D eigenvalue weighted by Crippen LogP contribution is 2.16. The number of fused-ring (bicyclic) bond motifs is 1. The van der Waals surface area contributed by atoms with Gasteiger partial charge in [0.1, 0.15) is 0 Å². The van der Waals surface area contributed by atoms with Gasteiger partial charge in [-0.05, 0) is 20.2 Å². The van der Waals surface area contributed by atoms with Crippen LogP contribution in [-0.4, -0.2) is 4.75 Å². The summed E-state index contributed by atoms with van der Waals surface area (Å²) in [4.78, 5) is 0. The van der Waals surface area contributed by atoms with Crippen LogP contribution in [0.15, 0.2) is 30.1 Å². The van der Waals surface area contributed by atoms with E-state index < -0.39 is 0 Å². The van der Waals surface area contributed by atoms with Gasteiger partial charge < -0.3 is 0 Å². The lowest BCUT2D eigenvalue weighted by atomic mass is 10.3. The molecule has 1 heterocycles. The van der Waals surface area contributed by atoms with E-state index >= 15 is 0 Å². The summed E-state index contributed by atoms with van der Waals surface area (Å²) in [7, 11) is 0.646. The average molecular weight is 135 g/mol. The molecule has 0 N–H and O–H groups in total. The van der Waals surface area contributed by atoms with Crippen molar-refractivity contribution in [1.29, 1.82) is 0 Å². The molecule has 0 saturated carbocycles. The summed E-state index contributed by atoms with van der Waals surface area (Å²) in [6.45, 7) is 0. The van der Waals surface area contributed by atoms with Crippen molar-refractivity contribution in [3.05, 3.63) is 30.1 Å². The largest absolute Gasteiger partial charge is 0.240 e. The van der Waals surface area contributed by atoms with E-state index in [0.29, 0.717) is 8.35 Å². The fourth-order valence-electron chi connectivity index (χ4n) is 0.883. The summed E-state index contributed by atoms with van der Waals surface area (Å²) in [6, 6.07) is 8.21. The Bertz CT molecular complexity index is 283. The Morgan fingerprint density at radius 3 is 3.00 bits per heavy atom. The second kappa shape index (κ2) is 1.85. The highest BCUT2D eigenvalue weighted by molar-refractivity contribution is 7.25. The Labute approximate surface area is 54.9 Å². The molecule has 0 aliphatic heterocycles. The first-order valence-electron chi connectivity index (χ1n) is 2.85. The first-order chi connectivity index (χ1) is 4.47. The van der Waals surface area contributed by atoms with Crippen LogP contribution in [0.2, 0.25) is 0 Å². The molecule has 2 rings (SSSR count). The van der Waals surface area contributed by atoms with Crippen LogP contribution in [0.1, 0.15) is 0 Å². The lowest BCUT2D eigenvalue weighted by Crippen LogP contribution is -1.61. The minimum absolute atomic E-state index is 0.646. The predicted octanol–water partition coefficient (Wildman–Crippen LogP) is 2.27. The molecule has 44 valence electrons. The van der Waals surface area contributed by atoms with Gasteiger partial charge in [-0.2, -0.15) is 0 Å². The summed E-state index contributed by atoms with van der Waals surface area (Å²) < 4.78 is 4.27. The van der Waals surface area contributed by atoms with Crippen LogP contribution in [-0.2, 0) is 0 Å². The SMILES string of the molecule is c1ccc2n[pH]cc2c1. The third kappa shape index (κ3) is 0.739. The number of nitrogens with zero attached hydrogens (tertiary/aromatic N) is 1. The zero-order valence-electron chi connectivity index (χ0n) is 4.83. The van der Waals surface area contributed by atoms with Gasteiger partial charge in [-0.15, -0.1) is 0 Å². The van der Waals surface area contributed by atoms with Crippen LogP contribution in [0.3, 0.4) is 0 Å². The van der Waals surface area contributed by atoms with E-state index in [-0.39, 0.29) is 0 Å². The summed E-state index contributed by atoms with van der Waals surface area (Å²) in [5.41, 5.74) is 1.15. The van der Waals surface area contributed by atoms with E-state index in [1.807, 2.05) is 18.2 Å². The van der Waals surface area contributed by atoms with Crippen LogP contribution in [0, 0.1) is 0 Å². The molecule has 1 aromatic carbocycles. The fraction of sp³-hybridized carbons (Fsp3) is 0. The molecule has 0 bridgehead atoms. The average Bonchev–Trinajstić information content (AvgIpc) is 2.33. The van der Waals surface area contributed by atoms with E-state index in [0.717, 1.165) is 5.52 Å². The Balaban J connectivity index is 2.95. The third-order valence-electron chi connectivity index (χ3n) is 1.34.